The highest BCUT2D eigenvalue weighted by molar-refractivity contribution is 7.12. The number of methoxy groups -OCH3 is 1. The van der Waals surface area contributed by atoms with Crippen molar-refractivity contribution in [2.24, 2.45) is 0 Å². The van der Waals surface area contributed by atoms with Gasteiger partial charge in [-0.25, -0.2) is 0 Å². The molecule has 5 heteroatoms. The van der Waals surface area contributed by atoms with Crippen molar-refractivity contribution in [3.63, 3.8) is 0 Å². The summed E-state index contributed by atoms with van der Waals surface area (Å²) in [6, 6.07) is 18.5. The SMILES string of the molecule is CCc1c(C)sc2c1CCN(CC(=O)NCc1ccc(OC)cc1)C2c1ccccc1. The van der Waals surface area contributed by atoms with Gasteiger partial charge >= 0.3 is 0 Å². The van der Waals surface area contributed by atoms with Crippen LogP contribution in [0, 0.1) is 6.92 Å². The zero-order chi connectivity index (χ0) is 21.8. The summed E-state index contributed by atoms with van der Waals surface area (Å²) in [7, 11) is 1.66. The first kappa shape index (κ1) is 21.6. The van der Waals surface area contributed by atoms with E-state index >= 15 is 0 Å². The second-order valence-corrected chi connectivity index (χ2v) is 9.25. The molecule has 3 aromatic rings. The fourth-order valence-electron chi connectivity index (χ4n) is 4.51. The molecule has 2 aromatic carbocycles. The summed E-state index contributed by atoms with van der Waals surface area (Å²) in [6.45, 7) is 6.29. The number of carbonyl (C=O) groups is 1. The summed E-state index contributed by atoms with van der Waals surface area (Å²) in [5.41, 5.74) is 5.34. The standard InChI is InChI=1S/C26H30N2O2S/c1-4-22-18(2)31-26-23(22)14-15-28(25(26)20-8-6-5-7-9-20)17-24(29)27-16-19-10-12-21(30-3)13-11-19/h5-13,25H,4,14-17H2,1-3H3,(H,27,29). The monoisotopic (exact) mass is 434 g/mol. The van der Waals surface area contributed by atoms with E-state index in [0.29, 0.717) is 13.1 Å². The number of rotatable bonds is 7. The number of amides is 1. The number of nitrogens with zero attached hydrogens (tertiary/aromatic N) is 1. The Morgan fingerprint density at radius 1 is 1.16 bits per heavy atom. The zero-order valence-corrected chi connectivity index (χ0v) is 19.3. The molecule has 0 spiro atoms. The maximum Gasteiger partial charge on any atom is 0.234 e. The van der Waals surface area contributed by atoms with Crippen LogP contribution in [0.15, 0.2) is 54.6 Å². The van der Waals surface area contributed by atoms with E-state index in [1.165, 1.54) is 26.4 Å². The van der Waals surface area contributed by atoms with Gasteiger partial charge in [0.15, 0.2) is 0 Å². The lowest BCUT2D eigenvalue weighted by Crippen LogP contribution is -2.42. The second-order valence-electron chi connectivity index (χ2n) is 7.99. The van der Waals surface area contributed by atoms with Gasteiger partial charge in [-0.2, -0.15) is 0 Å². The first-order chi connectivity index (χ1) is 15.1. The normalized spacial score (nSPS) is 16.0. The fourth-order valence-corrected chi connectivity index (χ4v) is 5.98. The van der Waals surface area contributed by atoms with Gasteiger partial charge in [0.05, 0.1) is 19.7 Å². The lowest BCUT2D eigenvalue weighted by atomic mass is 9.91. The van der Waals surface area contributed by atoms with Crippen molar-refractivity contribution in [1.82, 2.24) is 10.2 Å². The Bertz CT molecular complexity index is 1030. The van der Waals surface area contributed by atoms with Crippen molar-refractivity contribution >= 4 is 17.2 Å². The summed E-state index contributed by atoms with van der Waals surface area (Å²) >= 11 is 1.90. The van der Waals surface area contributed by atoms with Crippen molar-refractivity contribution in [2.45, 2.75) is 39.3 Å². The molecule has 1 unspecified atom stereocenters. The first-order valence-corrected chi connectivity index (χ1v) is 11.7. The maximum absolute atomic E-state index is 12.9. The maximum atomic E-state index is 12.9. The molecule has 31 heavy (non-hydrogen) atoms. The highest BCUT2D eigenvalue weighted by atomic mass is 32.1. The summed E-state index contributed by atoms with van der Waals surface area (Å²) < 4.78 is 5.20. The average molecular weight is 435 g/mol. The Morgan fingerprint density at radius 2 is 1.90 bits per heavy atom. The molecule has 0 radical (unpaired) electrons. The summed E-state index contributed by atoms with van der Waals surface area (Å²) in [6.07, 6.45) is 2.08. The molecule has 4 nitrogen and oxygen atoms in total. The highest BCUT2D eigenvalue weighted by Gasteiger charge is 2.33. The molecule has 0 saturated heterocycles. The Hall–Kier alpha value is -2.63. The first-order valence-electron chi connectivity index (χ1n) is 10.9. The lowest BCUT2D eigenvalue weighted by molar-refractivity contribution is -0.122. The van der Waals surface area contributed by atoms with Gasteiger partial charge in [-0.1, -0.05) is 49.4 Å². The van der Waals surface area contributed by atoms with Crippen molar-refractivity contribution in [3.05, 3.63) is 86.6 Å². The minimum Gasteiger partial charge on any atom is -0.497 e. The third-order valence-electron chi connectivity index (χ3n) is 6.08. The van der Waals surface area contributed by atoms with Crippen LogP contribution in [0.5, 0.6) is 5.75 Å². The largest absolute Gasteiger partial charge is 0.497 e. The van der Waals surface area contributed by atoms with Crippen LogP contribution in [0.25, 0.3) is 0 Å². The van der Waals surface area contributed by atoms with E-state index in [2.05, 4.69) is 54.4 Å². The van der Waals surface area contributed by atoms with E-state index in [1.807, 2.05) is 35.6 Å². The number of hydrogen-bond acceptors (Lipinski definition) is 4. The molecule has 0 bridgehead atoms. The molecule has 162 valence electrons. The summed E-state index contributed by atoms with van der Waals surface area (Å²) in [4.78, 5) is 18.0. The highest BCUT2D eigenvalue weighted by Crippen LogP contribution is 2.42. The third kappa shape index (κ3) is 4.68. The second kappa shape index (κ2) is 9.67. The van der Waals surface area contributed by atoms with E-state index in [4.69, 9.17) is 4.74 Å². The average Bonchev–Trinajstić information content (AvgIpc) is 3.13. The third-order valence-corrected chi connectivity index (χ3v) is 7.32. The van der Waals surface area contributed by atoms with E-state index in [9.17, 15) is 4.79 Å². The molecule has 1 atom stereocenters. The van der Waals surface area contributed by atoms with Crippen LogP contribution in [0.1, 0.15) is 45.0 Å². The van der Waals surface area contributed by atoms with E-state index in [0.717, 1.165) is 30.7 Å². The Labute approximate surface area is 188 Å². The molecular weight excluding hydrogens is 404 g/mol. The van der Waals surface area contributed by atoms with Crippen LogP contribution in [0.4, 0.5) is 0 Å². The van der Waals surface area contributed by atoms with Crippen LogP contribution in [-0.4, -0.2) is 31.0 Å². The Balaban J connectivity index is 1.51. The smallest absolute Gasteiger partial charge is 0.234 e. The molecule has 2 heterocycles. The number of benzene rings is 2. The van der Waals surface area contributed by atoms with Crippen molar-refractivity contribution in [2.75, 3.05) is 20.2 Å². The van der Waals surface area contributed by atoms with E-state index < -0.39 is 0 Å². The fraction of sp³-hybridized carbons (Fsp3) is 0.346. The van der Waals surface area contributed by atoms with Gasteiger partial charge in [-0.3, -0.25) is 9.69 Å². The molecule has 1 aliphatic heterocycles. The van der Waals surface area contributed by atoms with Crippen LogP contribution in [-0.2, 0) is 24.2 Å². The van der Waals surface area contributed by atoms with Gasteiger partial charge in [0.1, 0.15) is 5.75 Å². The van der Waals surface area contributed by atoms with Crippen molar-refractivity contribution in [1.29, 1.82) is 0 Å². The predicted octanol–water partition coefficient (Wildman–Crippen LogP) is 4.89. The van der Waals surface area contributed by atoms with Gasteiger partial charge in [-0.05, 0) is 54.2 Å². The molecule has 0 fully saturated rings. The van der Waals surface area contributed by atoms with Gasteiger partial charge in [0.25, 0.3) is 0 Å². The lowest BCUT2D eigenvalue weighted by Gasteiger charge is -2.36. The number of thiophene rings is 1. The van der Waals surface area contributed by atoms with Crippen LogP contribution in [0.2, 0.25) is 0 Å². The molecule has 0 saturated carbocycles. The van der Waals surface area contributed by atoms with E-state index in [1.54, 1.807) is 7.11 Å². The molecule has 0 aliphatic carbocycles. The topological polar surface area (TPSA) is 41.6 Å². The molecule has 4 rings (SSSR count). The number of carbonyl (C=O) groups excluding carboxylic acids is 1. The molecular formula is C26H30N2O2S. The zero-order valence-electron chi connectivity index (χ0n) is 18.5. The number of hydrogen-bond donors (Lipinski definition) is 1. The van der Waals surface area contributed by atoms with Crippen molar-refractivity contribution in [3.8, 4) is 5.75 Å². The number of ether oxygens (including phenoxy) is 1. The Morgan fingerprint density at radius 3 is 2.58 bits per heavy atom. The molecule has 1 amide bonds. The molecule has 1 aromatic heterocycles. The van der Waals surface area contributed by atoms with Gasteiger partial charge in [-0.15, -0.1) is 11.3 Å². The Kier molecular flexibility index (Phi) is 6.73. The number of fused-ring (bicyclic) bond motifs is 1. The van der Waals surface area contributed by atoms with Gasteiger partial charge < -0.3 is 10.1 Å². The van der Waals surface area contributed by atoms with E-state index in [-0.39, 0.29) is 11.9 Å². The van der Waals surface area contributed by atoms with Crippen LogP contribution < -0.4 is 10.1 Å². The summed E-state index contributed by atoms with van der Waals surface area (Å²) in [5.74, 6) is 0.881. The van der Waals surface area contributed by atoms with Gasteiger partial charge in [0, 0.05) is 22.8 Å². The number of nitrogens with one attached hydrogen (secondary N) is 1. The number of aryl methyl sites for hydroxylation is 1. The van der Waals surface area contributed by atoms with Crippen LogP contribution in [0.3, 0.4) is 0 Å². The van der Waals surface area contributed by atoms with Crippen LogP contribution >= 0.6 is 11.3 Å². The quantitative estimate of drug-likeness (QED) is 0.576. The minimum atomic E-state index is 0.0594. The summed E-state index contributed by atoms with van der Waals surface area (Å²) in [5, 5.41) is 3.09. The van der Waals surface area contributed by atoms with Crippen molar-refractivity contribution < 1.29 is 9.53 Å². The predicted molar refractivity (Wildman–Crippen MR) is 127 cm³/mol. The minimum absolute atomic E-state index is 0.0594. The molecule has 1 N–H and O–H groups in total. The van der Waals surface area contributed by atoms with Gasteiger partial charge in [0.2, 0.25) is 5.91 Å². The molecule has 1 aliphatic rings.